The number of carbonyl (C=O) groups excluding carboxylic acids is 3. The van der Waals surface area contributed by atoms with Gasteiger partial charge >= 0.3 is 12.1 Å². The van der Waals surface area contributed by atoms with Crippen LogP contribution in [0, 0.1) is 11.8 Å². The molecule has 2 aromatic heterocycles. The van der Waals surface area contributed by atoms with Crippen molar-refractivity contribution in [1.29, 1.82) is 0 Å². The molecule has 0 aliphatic carbocycles. The number of rotatable bonds is 5. The van der Waals surface area contributed by atoms with Crippen molar-refractivity contribution in [2.45, 2.75) is 51.7 Å². The number of carbonyl (C=O) groups is 4. The summed E-state index contributed by atoms with van der Waals surface area (Å²) in [5.74, 6) is 4.79. The average molecular weight is 650 g/mol. The molecule has 2 aromatic carbocycles. The Bertz CT molecular complexity index is 1940. The zero-order chi connectivity index (χ0) is 34.4. The van der Waals surface area contributed by atoms with Gasteiger partial charge in [-0.25, -0.2) is 20.0 Å². The van der Waals surface area contributed by atoms with Crippen LogP contribution >= 0.6 is 0 Å². The first-order valence-corrected chi connectivity index (χ1v) is 15.3. The number of likely N-dealkylation sites (tertiary alicyclic amines) is 1. The molecule has 0 spiro atoms. The number of methoxy groups -OCH3 is 1. The van der Waals surface area contributed by atoms with Gasteiger partial charge in [-0.2, -0.15) is 0 Å². The highest BCUT2D eigenvalue weighted by atomic mass is 16.6. The Morgan fingerprint density at radius 3 is 2.46 bits per heavy atom. The van der Waals surface area contributed by atoms with Crippen molar-refractivity contribution in [3.63, 3.8) is 0 Å². The summed E-state index contributed by atoms with van der Waals surface area (Å²) >= 11 is 0. The summed E-state index contributed by atoms with van der Waals surface area (Å²) in [5.41, 5.74) is 7.47. The molecule has 0 radical (unpaired) electrons. The molecule has 5 rings (SSSR count). The van der Waals surface area contributed by atoms with Crippen LogP contribution in [0.25, 0.3) is 22.2 Å². The number of nitrogens with one attached hydrogen (secondary N) is 2. The van der Waals surface area contributed by atoms with E-state index in [0.717, 1.165) is 12.8 Å². The Kier molecular flexibility index (Phi) is 9.89. The molecule has 12 heteroatoms. The van der Waals surface area contributed by atoms with Gasteiger partial charge in [-0.1, -0.05) is 17.9 Å². The summed E-state index contributed by atoms with van der Waals surface area (Å²) in [7, 11) is 1.52. The van der Waals surface area contributed by atoms with Gasteiger partial charge in [-0.05, 0) is 88.6 Å². The molecular formula is C36H35N5O7. The fourth-order valence-electron chi connectivity index (χ4n) is 5.27. The first-order valence-electron chi connectivity index (χ1n) is 15.3. The maximum absolute atomic E-state index is 13.2. The van der Waals surface area contributed by atoms with Crippen LogP contribution in [0.15, 0.2) is 67.0 Å². The smallest absolute Gasteiger partial charge is 0.426 e. The van der Waals surface area contributed by atoms with E-state index in [-0.39, 0.29) is 11.5 Å². The number of aromatic nitrogens is 2. The lowest BCUT2D eigenvalue weighted by atomic mass is 10.0. The lowest BCUT2D eigenvalue weighted by Crippen LogP contribution is -2.47. The van der Waals surface area contributed by atoms with Crippen molar-refractivity contribution in [3.8, 4) is 28.8 Å². The number of hydrazine groups is 1. The van der Waals surface area contributed by atoms with Crippen LogP contribution in [0.2, 0.25) is 0 Å². The molecule has 3 N–H and O–H groups in total. The third kappa shape index (κ3) is 7.87. The highest BCUT2D eigenvalue weighted by molar-refractivity contribution is 6.07. The van der Waals surface area contributed by atoms with Gasteiger partial charge in [0.15, 0.2) is 0 Å². The lowest BCUT2D eigenvalue weighted by Gasteiger charge is -2.33. The largest absolute Gasteiger partial charge is 0.495 e. The van der Waals surface area contributed by atoms with Crippen molar-refractivity contribution in [1.82, 2.24) is 25.7 Å². The van der Waals surface area contributed by atoms with Crippen LogP contribution in [-0.2, 0) is 9.53 Å². The molecule has 12 nitrogen and oxygen atoms in total. The van der Waals surface area contributed by atoms with Gasteiger partial charge in [-0.3, -0.25) is 20.0 Å². The van der Waals surface area contributed by atoms with Gasteiger partial charge < -0.3 is 19.5 Å². The third-order valence-electron chi connectivity index (χ3n) is 7.55. The highest BCUT2D eigenvalue weighted by Gasteiger charge is 2.32. The molecule has 4 aromatic rings. The number of benzene rings is 2. The number of aliphatic carboxylic acids is 1. The van der Waals surface area contributed by atoms with Crippen molar-refractivity contribution < 1.29 is 33.8 Å². The minimum absolute atomic E-state index is 0.239. The number of pyridine rings is 2. The molecule has 1 aliphatic heterocycles. The van der Waals surface area contributed by atoms with E-state index in [1.165, 1.54) is 18.2 Å². The monoisotopic (exact) mass is 649 g/mol. The van der Waals surface area contributed by atoms with Gasteiger partial charge in [0.25, 0.3) is 11.8 Å². The second-order valence-corrected chi connectivity index (χ2v) is 12.1. The van der Waals surface area contributed by atoms with E-state index in [2.05, 4.69) is 27.7 Å². The van der Waals surface area contributed by atoms with Crippen LogP contribution in [0.3, 0.4) is 0 Å². The zero-order valence-corrected chi connectivity index (χ0v) is 27.0. The number of hydrogen-bond acceptors (Lipinski definition) is 8. The summed E-state index contributed by atoms with van der Waals surface area (Å²) in [6.07, 6.45) is 4.30. The Hall–Kier alpha value is -5.96. The first kappa shape index (κ1) is 33.4. The number of piperidine rings is 1. The quantitative estimate of drug-likeness (QED) is 0.201. The van der Waals surface area contributed by atoms with E-state index < -0.39 is 29.6 Å². The van der Waals surface area contributed by atoms with E-state index in [9.17, 15) is 24.3 Å². The second kappa shape index (κ2) is 14.2. The zero-order valence-electron chi connectivity index (χ0n) is 27.0. The topological polar surface area (TPSA) is 160 Å². The number of fused-ring (bicyclic) bond motifs is 1. The van der Waals surface area contributed by atoms with Crippen molar-refractivity contribution in [2.75, 3.05) is 13.7 Å². The van der Waals surface area contributed by atoms with Crippen LogP contribution in [0.4, 0.5) is 4.79 Å². The van der Waals surface area contributed by atoms with E-state index in [4.69, 9.17) is 14.5 Å². The minimum Gasteiger partial charge on any atom is -0.495 e. The Balaban J connectivity index is 1.36. The predicted octanol–water partition coefficient (Wildman–Crippen LogP) is 4.95. The number of nitrogens with zero attached hydrogens (tertiary/aromatic N) is 3. The summed E-state index contributed by atoms with van der Waals surface area (Å²) < 4.78 is 10.8. The van der Waals surface area contributed by atoms with E-state index in [1.54, 1.807) is 75.5 Å². The van der Waals surface area contributed by atoms with Gasteiger partial charge in [0.1, 0.15) is 17.4 Å². The van der Waals surface area contributed by atoms with Crippen LogP contribution in [-0.4, -0.2) is 69.1 Å². The van der Waals surface area contributed by atoms with Crippen LogP contribution in [0.1, 0.15) is 71.9 Å². The maximum atomic E-state index is 13.2. The fraction of sp³-hybridized carbons (Fsp3) is 0.278. The SMILES string of the molecule is COc1cc(-c2cc(C(=O)NNC(=O)OC(C)(C)C)c3cnccc3n2)ccc1C#Cc1ccc(C(=O)N2CCCCC2C(=O)O)cc1. The molecule has 0 bridgehead atoms. The molecule has 0 saturated carbocycles. The summed E-state index contributed by atoms with van der Waals surface area (Å²) in [6.45, 7) is 5.56. The van der Waals surface area contributed by atoms with E-state index in [0.29, 0.717) is 57.6 Å². The van der Waals surface area contributed by atoms with Gasteiger partial charge in [-0.15, -0.1) is 0 Å². The fourth-order valence-corrected chi connectivity index (χ4v) is 5.27. The number of carboxylic acid groups (broad SMARTS) is 1. The van der Waals surface area contributed by atoms with Crippen LogP contribution in [0.5, 0.6) is 5.75 Å². The molecule has 1 atom stereocenters. The number of amides is 3. The molecule has 1 fully saturated rings. The maximum Gasteiger partial charge on any atom is 0.426 e. The number of carboxylic acids is 1. The minimum atomic E-state index is -0.988. The van der Waals surface area contributed by atoms with Crippen molar-refractivity contribution in [3.05, 3.63) is 89.2 Å². The van der Waals surface area contributed by atoms with E-state index >= 15 is 0 Å². The van der Waals surface area contributed by atoms with E-state index in [1.807, 2.05) is 6.07 Å². The molecule has 1 unspecified atom stereocenters. The molecule has 1 saturated heterocycles. The van der Waals surface area contributed by atoms with Crippen molar-refractivity contribution in [2.24, 2.45) is 0 Å². The van der Waals surface area contributed by atoms with Gasteiger partial charge in [0, 0.05) is 41.0 Å². The highest BCUT2D eigenvalue weighted by Crippen LogP contribution is 2.29. The van der Waals surface area contributed by atoms with Crippen LogP contribution < -0.4 is 15.6 Å². The standard InChI is InChI=1S/C36H35N5O7/c1-36(2,3)48-35(46)40-39-32(42)26-20-29(38-28-16-17-37-21-27(26)28)25-15-14-23(31(19-25)47-4)11-8-22-9-12-24(13-10-22)33(43)41-18-6-5-7-30(41)34(44)45/h9-10,12-17,19-21,30H,5-7,18H2,1-4H3,(H,39,42)(H,40,46)(H,44,45). The average Bonchev–Trinajstić information content (AvgIpc) is 3.08. The molecule has 1 aliphatic rings. The summed E-state index contributed by atoms with van der Waals surface area (Å²) in [6, 6.07) is 14.6. The summed E-state index contributed by atoms with van der Waals surface area (Å²) in [4.78, 5) is 60.2. The predicted molar refractivity (Wildman–Crippen MR) is 177 cm³/mol. The number of hydrogen-bond donors (Lipinski definition) is 3. The Morgan fingerprint density at radius 1 is 0.979 bits per heavy atom. The van der Waals surface area contributed by atoms with Crippen molar-refractivity contribution >= 4 is 34.8 Å². The van der Waals surface area contributed by atoms with Gasteiger partial charge in [0.2, 0.25) is 0 Å². The second-order valence-electron chi connectivity index (χ2n) is 12.1. The third-order valence-corrected chi connectivity index (χ3v) is 7.55. The number of ether oxygens (including phenoxy) is 2. The molecule has 3 heterocycles. The molecule has 246 valence electrons. The lowest BCUT2D eigenvalue weighted by molar-refractivity contribution is -0.143. The Labute approximate surface area is 277 Å². The first-order chi connectivity index (χ1) is 22.9. The Morgan fingerprint density at radius 2 is 1.75 bits per heavy atom. The summed E-state index contributed by atoms with van der Waals surface area (Å²) in [5, 5.41) is 10.0. The molecular weight excluding hydrogens is 614 g/mol. The normalized spacial score (nSPS) is 14.3. The molecule has 3 amide bonds. The molecule has 48 heavy (non-hydrogen) atoms. The van der Waals surface area contributed by atoms with Gasteiger partial charge in [0.05, 0.1) is 29.4 Å².